The first-order valence-electron chi connectivity index (χ1n) is 7.71. The van der Waals surface area contributed by atoms with Crippen LogP contribution in [-0.4, -0.2) is 64.8 Å². The molecule has 9 nitrogen and oxygen atoms in total. The first-order chi connectivity index (χ1) is 11.9. The fraction of sp³-hybridized carbons (Fsp3) is 0.375. The fourth-order valence-electron chi connectivity index (χ4n) is 3.15. The molecule has 0 spiro atoms. The summed E-state index contributed by atoms with van der Waals surface area (Å²) in [5.74, 6) is -2.92. The van der Waals surface area contributed by atoms with E-state index in [1.54, 1.807) is 0 Å². The SMILES string of the molecule is COCCN1C(=O)CCC(N2C(=O)c3c(N)ccc(O)c3C2=O)C1=O. The molecule has 1 aromatic carbocycles. The van der Waals surface area contributed by atoms with Gasteiger partial charge in [-0.3, -0.25) is 29.0 Å². The van der Waals surface area contributed by atoms with Crippen LogP contribution in [0.3, 0.4) is 0 Å². The Morgan fingerprint density at radius 2 is 1.88 bits per heavy atom. The van der Waals surface area contributed by atoms with E-state index in [9.17, 15) is 24.3 Å². The van der Waals surface area contributed by atoms with Crippen LogP contribution in [0.15, 0.2) is 12.1 Å². The van der Waals surface area contributed by atoms with Gasteiger partial charge in [-0.1, -0.05) is 0 Å². The number of ether oxygens (including phenoxy) is 1. The molecule has 3 rings (SSSR count). The molecule has 2 heterocycles. The van der Waals surface area contributed by atoms with Gasteiger partial charge in [-0.15, -0.1) is 0 Å². The van der Waals surface area contributed by atoms with Crippen molar-refractivity contribution in [2.75, 3.05) is 26.0 Å². The van der Waals surface area contributed by atoms with Crippen LogP contribution in [0.4, 0.5) is 5.69 Å². The topological polar surface area (TPSA) is 130 Å². The largest absolute Gasteiger partial charge is 0.507 e. The number of carbonyl (C=O) groups excluding carboxylic acids is 4. The van der Waals surface area contributed by atoms with Crippen LogP contribution in [0.2, 0.25) is 0 Å². The number of fused-ring (bicyclic) bond motifs is 1. The molecule has 4 amide bonds. The quantitative estimate of drug-likeness (QED) is 0.436. The van der Waals surface area contributed by atoms with Crippen LogP contribution >= 0.6 is 0 Å². The maximum Gasteiger partial charge on any atom is 0.266 e. The molecule has 0 aromatic heterocycles. The second-order valence-corrected chi connectivity index (χ2v) is 5.84. The molecule has 0 aliphatic carbocycles. The Morgan fingerprint density at radius 3 is 2.52 bits per heavy atom. The summed E-state index contributed by atoms with van der Waals surface area (Å²) in [6, 6.07) is 1.43. The van der Waals surface area contributed by atoms with Crippen molar-refractivity contribution in [2.45, 2.75) is 18.9 Å². The molecule has 132 valence electrons. The van der Waals surface area contributed by atoms with Crippen molar-refractivity contribution < 1.29 is 29.0 Å². The molecule has 0 saturated carbocycles. The molecule has 2 aliphatic rings. The molecule has 1 unspecified atom stereocenters. The average molecular weight is 347 g/mol. The first-order valence-corrected chi connectivity index (χ1v) is 7.71. The number of likely N-dealkylation sites (tertiary alicyclic amines) is 1. The monoisotopic (exact) mass is 347 g/mol. The Labute approximate surface area is 142 Å². The lowest BCUT2D eigenvalue weighted by atomic mass is 10.0. The molecule has 1 fully saturated rings. The van der Waals surface area contributed by atoms with E-state index in [4.69, 9.17) is 10.5 Å². The number of rotatable bonds is 4. The number of nitrogen functional groups attached to an aromatic ring is 1. The van der Waals surface area contributed by atoms with Gasteiger partial charge in [0.2, 0.25) is 5.91 Å². The number of piperidine rings is 1. The summed E-state index contributed by atoms with van der Waals surface area (Å²) in [4.78, 5) is 51.7. The van der Waals surface area contributed by atoms with Crippen molar-refractivity contribution in [1.82, 2.24) is 9.80 Å². The van der Waals surface area contributed by atoms with Crippen LogP contribution in [0, 0.1) is 0 Å². The van der Waals surface area contributed by atoms with Gasteiger partial charge in [-0.25, -0.2) is 0 Å². The standard InChI is InChI=1S/C16H17N3O6/c1-25-7-6-18-11(21)5-3-9(14(18)22)19-15(23)12-8(17)2-4-10(20)13(12)16(19)24/h2,4,9,20H,3,5-7,17H2,1H3. The summed E-state index contributed by atoms with van der Waals surface area (Å²) in [5, 5.41) is 9.91. The number of phenolic OH excluding ortho intramolecular Hbond substituents is 1. The van der Waals surface area contributed by atoms with Gasteiger partial charge in [0.1, 0.15) is 11.8 Å². The molecule has 3 N–H and O–H groups in total. The average Bonchev–Trinajstić information content (AvgIpc) is 2.84. The molecule has 1 saturated heterocycles. The molecule has 2 aliphatic heterocycles. The van der Waals surface area contributed by atoms with E-state index in [0.29, 0.717) is 0 Å². The number of methoxy groups -OCH3 is 1. The van der Waals surface area contributed by atoms with Gasteiger partial charge in [-0.05, 0) is 18.6 Å². The third kappa shape index (κ3) is 2.52. The normalized spacial score (nSPS) is 20.4. The number of nitrogens with two attached hydrogens (primary N) is 1. The number of aromatic hydroxyl groups is 1. The van der Waals surface area contributed by atoms with Crippen molar-refractivity contribution in [1.29, 1.82) is 0 Å². The zero-order chi connectivity index (χ0) is 18.3. The van der Waals surface area contributed by atoms with Crippen molar-refractivity contribution in [3.8, 4) is 5.75 Å². The number of hydrogen-bond acceptors (Lipinski definition) is 7. The molecule has 1 aromatic rings. The third-order valence-corrected chi connectivity index (χ3v) is 4.40. The van der Waals surface area contributed by atoms with E-state index in [1.807, 2.05) is 0 Å². The smallest absolute Gasteiger partial charge is 0.266 e. The van der Waals surface area contributed by atoms with E-state index in [0.717, 1.165) is 9.80 Å². The second kappa shape index (κ2) is 6.17. The van der Waals surface area contributed by atoms with E-state index in [-0.39, 0.29) is 54.5 Å². The predicted octanol–water partition coefficient (Wildman–Crippen LogP) is -0.266. The number of carbonyl (C=O) groups is 4. The Balaban J connectivity index is 1.95. The predicted molar refractivity (Wildman–Crippen MR) is 84.6 cm³/mol. The molecule has 1 atom stereocenters. The Hall–Kier alpha value is -2.94. The zero-order valence-corrected chi connectivity index (χ0v) is 13.5. The first kappa shape index (κ1) is 16.9. The van der Waals surface area contributed by atoms with Crippen LogP contribution in [-0.2, 0) is 14.3 Å². The number of anilines is 1. The lowest BCUT2D eigenvalue weighted by Crippen LogP contribution is -2.56. The minimum atomic E-state index is -1.11. The molecule has 0 bridgehead atoms. The van der Waals surface area contributed by atoms with Crippen LogP contribution in [0.5, 0.6) is 5.75 Å². The number of imide groups is 2. The van der Waals surface area contributed by atoms with Gasteiger partial charge in [0.15, 0.2) is 0 Å². The van der Waals surface area contributed by atoms with Gasteiger partial charge >= 0.3 is 0 Å². The Morgan fingerprint density at radius 1 is 1.20 bits per heavy atom. The Bertz CT molecular complexity index is 749. The number of hydrogen-bond donors (Lipinski definition) is 2. The molecular weight excluding hydrogens is 330 g/mol. The van der Waals surface area contributed by atoms with Gasteiger partial charge in [-0.2, -0.15) is 0 Å². The van der Waals surface area contributed by atoms with Crippen molar-refractivity contribution in [3.63, 3.8) is 0 Å². The van der Waals surface area contributed by atoms with Gasteiger partial charge in [0.25, 0.3) is 17.7 Å². The Kier molecular flexibility index (Phi) is 4.17. The van der Waals surface area contributed by atoms with Crippen LogP contribution in [0.1, 0.15) is 33.6 Å². The zero-order valence-electron chi connectivity index (χ0n) is 13.5. The summed E-state index contributed by atoms with van der Waals surface area (Å²) >= 11 is 0. The van der Waals surface area contributed by atoms with Gasteiger partial charge in [0, 0.05) is 19.2 Å². The lowest BCUT2D eigenvalue weighted by Gasteiger charge is -2.34. The van der Waals surface area contributed by atoms with Crippen LogP contribution in [0.25, 0.3) is 0 Å². The highest BCUT2D eigenvalue weighted by molar-refractivity contribution is 6.26. The van der Waals surface area contributed by atoms with Gasteiger partial charge in [0.05, 0.1) is 24.3 Å². The summed E-state index contributed by atoms with van der Waals surface area (Å²) in [6.45, 7) is 0.196. The summed E-state index contributed by atoms with van der Waals surface area (Å²) in [5.41, 5.74) is 5.48. The summed E-state index contributed by atoms with van der Waals surface area (Å²) in [6.07, 6.45) is 0.0578. The second-order valence-electron chi connectivity index (χ2n) is 5.84. The number of nitrogens with zero attached hydrogens (tertiary/aromatic N) is 2. The van der Waals surface area contributed by atoms with E-state index in [2.05, 4.69) is 0 Å². The van der Waals surface area contributed by atoms with Crippen LogP contribution < -0.4 is 5.73 Å². The number of phenols is 1. The number of amides is 4. The van der Waals surface area contributed by atoms with E-state index in [1.165, 1.54) is 19.2 Å². The molecule has 9 heteroatoms. The summed E-state index contributed by atoms with van der Waals surface area (Å²) < 4.78 is 4.88. The summed E-state index contributed by atoms with van der Waals surface area (Å²) in [7, 11) is 1.44. The minimum Gasteiger partial charge on any atom is -0.507 e. The molecular formula is C16H17N3O6. The highest BCUT2D eigenvalue weighted by atomic mass is 16.5. The van der Waals surface area contributed by atoms with Crippen molar-refractivity contribution >= 4 is 29.3 Å². The number of benzene rings is 1. The maximum atomic E-state index is 12.7. The van der Waals surface area contributed by atoms with E-state index >= 15 is 0 Å². The maximum absolute atomic E-state index is 12.7. The highest BCUT2D eigenvalue weighted by Crippen LogP contribution is 2.36. The highest BCUT2D eigenvalue weighted by Gasteiger charge is 2.48. The van der Waals surface area contributed by atoms with Gasteiger partial charge < -0.3 is 15.6 Å². The minimum absolute atomic E-state index is 0.0228. The molecule has 25 heavy (non-hydrogen) atoms. The van der Waals surface area contributed by atoms with Crippen molar-refractivity contribution in [2.24, 2.45) is 0 Å². The third-order valence-electron chi connectivity index (χ3n) is 4.40. The lowest BCUT2D eigenvalue weighted by molar-refractivity contribution is -0.152. The fourth-order valence-corrected chi connectivity index (χ4v) is 3.15. The van der Waals surface area contributed by atoms with Crippen molar-refractivity contribution in [3.05, 3.63) is 23.3 Å². The van der Waals surface area contributed by atoms with E-state index < -0.39 is 23.8 Å². The molecule has 0 radical (unpaired) electrons.